The second-order valence-corrected chi connectivity index (χ2v) is 7.02. The van der Waals surface area contributed by atoms with E-state index in [1.165, 1.54) is 36.1 Å². The Morgan fingerprint density at radius 3 is 2.06 bits per heavy atom. The highest BCUT2D eigenvalue weighted by atomic mass is 35.5. The fourth-order valence-corrected chi connectivity index (χ4v) is 7.88. The number of hydrogen-bond donors (Lipinski definition) is 1. The van der Waals surface area contributed by atoms with E-state index in [1.807, 2.05) is 0 Å². The Hall–Kier alpha value is 0.250. The van der Waals surface area contributed by atoms with Gasteiger partial charge >= 0.3 is 0 Å². The number of rotatable bonds is 2. The standard InChI is InChI=1S/C14H21N.ClH/c1-15-6-14-9-4-2-7-11(9)12-8(13(7)14)3-5-10(12)14;/h7-13,15H,2-6H2,1H3;1H. The molecule has 0 aromatic carbocycles. The third-order valence-corrected chi connectivity index (χ3v) is 7.39. The highest BCUT2D eigenvalue weighted by Crippen LogP contribution is 2.87. The zero-order valence-electron chi connectivity index (χ0n) is 9.99. The Morgan fingerprint density at radius 2 is 1.56 bits per heavy atom. The van der Waals surface area contributed by atoms with Crippen molar-refractivity contribution in [3.8, 4) is 0 Å². The van der Waals surface area contributed by atoms with Gasteiger partial charge in [0.25, 0.3) is 0 Å². The van der Waals surface area contributed by atoms with Gasteiger partial charge in [-0.3, -0.25) is 0 Å². The average molecular weight is 240 g/mol. The van der Waals surface area contributed by atoms with Crippen LogP contribution in [0.1, 0.15) is 25.7 Å². The van der Waals surface area contributed by atoms with E-state index in [1.54, 1.807) is 25.7 Å². The zero-order valence-corrected chi connectivity index (χ0v) is 10.8. The van der Waals surface area contributed by atoms with Crippen molar-refractivity contribution < 1.29 is 0 Å². The van der Waals surface area contributed by atoms with Crippen molar-refractivity contribution in [3.63, 3.8) is 0 Å². The van der Waals surface area contributed by atoms with Gasteiger partial charge in [-0.25, -0.2) is 0 Å². The normalized spacial score (nSPS) is 66.9. The summed E-state index contributed by atoms with van der Waals surface area (Å²) in [6.45, 7) is 1.35. The first-order valence-corrected chi connectivity index (χ1v) is 7.04. The molecule has 0 aliphatic heterocycles. The molecule has 6 aliphatic carbocycles. The van der Waals surface area contributed by atoms with Crippen LogP contribution in [-0.4, -0.2) is 13.6 Å². The largest absolute Gasteiger partial charge is 0.319 e. The molecule has 1 nitrogen and oxygen atoms in total. The lowest BCUT2D eigenvalue weighted by atomic mass is 9.59. The van der Waals surface area contributed by atoms with Gasteiger partial charge in [0.1, 0.15) is 0 Å². The first kappa shape index (κ1) is 10.2. The van der Waals surface area contributed by atoms with Crippen molar-refractivity contribution in [1.29, 1.82) is 0 Å². The summed E-state index contributed by atoms with van der Waals surface area (Å²) in [5, 5.41) is 3.55. The second-order valence-electron chi connectivity index (χ2n) is 7.02. The maximum atomic E-state index is 3.55. The number of halogens is 1. The van der Waals surface area contributed by atoms with Crippen molar-refractivity contribution >= 4 is 12.4 Å². The molecular weight excluding hydrogens is 218 g/mol. The van der Waals surface area contributed by atoms with E-state index in [0.29, 0.717) is 0 Å². The molecule has 6 atom stereocenters. The summed E-state index contributed by atoms with van der Waals surface area (Å²) in [5.41, 5.74) is 0.815. The molecule has 0 aromatic heterocycles. The van der Waals surface area contributed by atoms with Crippen LogP contribution in [0.15, 0.2) is 0 Å². The maximum Gasteiger partial charge on any atom is 0.00132 e. The molecule has 1 N–H and O–H groups in total. The van der Waals surface area contributed by atoms with Gasteiger partial charge in [0, 0.05) is 6.54 Å². The minimum atomic E-state index is 0. The molecule has 0 spiro atoms. The molecule has 16 heavy (non-hydrogen) atoms. The van der Waals surface area contributed by atoms with Crippen molar-refractivity contribution in [2.24, 2.45) is 46.8 Å². The molecule has 6 unspecified atom stereocenters. The zero-order chi connectivity index (χ0) is 9.78. The molecule has 2 heteroatoms. The van der Waals surface area contributed by atoms with Crippen LogP contribution in [0.4, 0.5) is 0 Å². The van der Waals surface area contributed by atoms with Gasteiger partial charge in [0.2, 0.25) is 0 Å². The summed E-state index contributed by atoms with van der Waals surface area (Å²) in [4.78, 5) is 0. The highest BCUT2D eigenvalue weighted by molar-refractivity contribution is 5.85. The van der Waals surface area contributed by atoms with E-state index in [0.717, 1.165) is 17.3 Å². The summed E-state index contributed by atoms with van der Waals surface area (Å²) in [6.07, 6.45) is 6.39. The van der Waals surface area contributed by atoms with E-state index < -0.39 is 0 Å². The maximum absolute atomic E-state index is 3.55. The Bertz CT molecular complexity index is 316. The third-order valence-electron chi connectivity index (χ3n) is 7.39. The van der Waals surface area contributed by atoms with E-state index in [9.17, 15) is 0 Å². The first-order valence-electron chi connectivity index (χ1n) is 7.04. The van der Waals surface area contributed by atoms with Gasteiger partial charge in [-0.15, -0.1) is 12.4 Å². The van der Waals surface area contributed by atoms with Crippen LogP contribution in [0.2, 0.25) is 0 Å². The quantitative estimate of drug-likeness (QED) is 0.781. The Morgan fingerprint density at radius 1 is 1.00 bits per heavy atom. The molecular formula is C14H22ClN. The average Bonchev–Trinajstić information content (AvgIpc) is 2.97. The monoisotopic (exact) mass is 239 g/mol. The molecule has 0 saturated heterocycles. The summed E-state index contributed by atoms with van der Waals surface area (Å²) in [7, 11) is 2.18. The number of nitrogens with one attached hydrogen (secondary N) is 1. The second kappa shape index (κ2) is 2.80. The molecule has 6 aliphatic rings. The van der Waals surface area contributed by atoms with Crippen LogP contribution in [0.5, 0.6) is 0 Å². The minimum absolute atomic E-state index is 0. The van der Waals surface area contributed by atoms with Crippen LogP contribution >= 0.6 is 12.4 Å². The van der Waals surface area contributed by atoms with E-state index in [2.05, 4.69) is 12.4 Å². The van der Waals surface area contributed by atoms with Crippen LogP contribution in [0.3, 0.4) is 0 Å². The SMILES string of the molecule is CNCC12C3CCC4C3C3C(CCC31)C42.Cl. The van der Waals surface area contributed by atoms with Gasteiger partial charge < -0.3 is 5.32 Å². The first-order chi connectivity index (χ1) is 7.39. The smallest absolute Gasteiger partial charge is 0.00132 e. The Balaban J connectivity index is 0.000000722. The lowest BCUT2D eigenvalue weighted by Gasteiger charge is -2.47. The molecule has 90 valence electrons. The lowest BCUT2D eigenvalue weighted by Crippen LogP contribution is -2.47. The van der Waals surface area contributed by atoms with Crippen LogP contribution in [0, 0.1) is 46.8 Å². The molecule has 0 heterocycles. The molecule has 0 aromatic rings. The van der Waals surface area contributed by atoms with Crippen molar-refractivity contribution in [3.05, 3.63) is 0 Å². The fourth-order valence-electron chi connectivity index (χ4n) is 7.88. The summed E-state index contributed by atoms with van der Waals surface area (Å²) < 4.78 is 0. The van der Waals surface area contributed by atoms with Gasteiger partial charge in [0.05, 0.1) is 0 Å². The van der Waals surface area contributed by atoms with E-state index >= 15 is 0 Å². The van der Waals surface area contributed by atoms with Crippen molar-refractivity contribution in [2.45, 2.75) is 25.7 Å². The predicted octanol–water partition coefficient (Wildman–Crippen LogP) is 2.56. The lowest BCUT2D eigenvalue weighted by molar-refractivity contribution is 0.0235. The number of hydrogen-bond acceptors (Lipinski definition) is 1. The van der Waals surface area contributed by atoms with Crippen LogP contribution in [-0.2, 0) is 0 Å². The third kappa shape index (κ3) is 0.689. The summed E-state index contributed by atoms with van der Waals surface area (Å²) >= 11 is 0. The molecule has 6 rings (SSSR count). The van der Waals surface area contributed by atoms with Crippen molar-refractivity contribution in [1.82, 2.24) is 5.32 Å². The van der Waals surface area contributed by atoms with Gasteiger partial charge in [-0.2, -0.15) is 0 Å². The molecule has 0 radical (unpaired) electrons. The van der Waals surface area contributed by atoms with Crippen molar-refractivity contribution in [2.75, 3.05) is 13.6 Å². The molecule has 0 amide bonds. The van der Waals surface area contributed by atoms with Gasteiger partial charge in [-0.1, -0.05) is 0 Å². The topological polar surface area (TPSA) is 12.0 Å². The highest BCUT2D eigenvalue weighted by Gasteiger charge is 2.83. The Labute approximate surface area is 104 Å². The van der Waals surface area contributed by atoms with Crippen LogP contribution < -0.4 is 5.32 Å². The van der Waals surface area contributed by atoms with E-state index in [4.69, 9.17) is 0 Å². The summed E-state index contributed by atoms with van der Waals surface area (Å²) in [5.74, 6) is 8.29. The van der Waals surface area contributed by atoms with Crippen LogP contribution in [0.25, 0.3) is 0 Å². The summed E-state index contributed by atoms with van der Waals surface area (Å²) in [6, 6.07) is 0. The minimum Gasteiger partial charge on any atom is -0.319 e. The Kier molecular flexibility index (Phi) is 1.79. The van der Waals surface area contributed by atoms with Gasteiger partial charge in [0.15, 0.2) is 0 Å². The van der Waals surface area contributed by atoms with Gasteiger partial charge in [-0.05, 0) is 79.6 Å². The predicted molar refractivity (Wildman–Crippen MR) is 66.5 cm³/mol. The molecule has 8 bridgehead atoms. The molecule has 6 saturated carbocycles. The fraction of sp³-hybridized carbons (Fsp3) is 1.00. The van der Waals surface area contributed by atoms with E-state index in [-0.39, 0.29) is 12.4 Å². The molecule has 6 fully saturated rings.